The number of guanidine groups is 1. The van der Waals surface area contributed by atoms with E-state index in [0.717, 1.165) is 38.2 Å². The van der Waals surface area contributed by atoms with Gasteiger partial charge in [-0.2, -0.15) is 0 Å². The van der Waals surface area contributed by atoms with Crippen molar-refractivity contribution in [1.82, 2.24) is 10.2 Å². The minimum atomic E-state index is -3.05. The molecule has 1 N–H and O–H groups in total. The van der Waals surface area contributed by atoms with Crippen LogP contribution in [0.1, 0.15) is 52.9 Å². The Bertz CT molecular complexity index is 558. The molecule has 0 radical (unpaired) electrons. The monoisotopic (exact) mass is 375 g/mol. The first-order valence-corrected chi connectivity index (χ1v) is 10.7. The first-order chi connectivity index (χ1) is 11.7. The predicted octanol–water partition coefficient (Wildman–Crippen LogP) is 1.58. The van der Waals surface area contributed by atoms with Gasteiger partial charge in [-0.25, -0.2) is 8.42 Å². The van der Waals surface area contributed by atoms with Crippen molar-refractivity contribution in [3.63, 3.8) is 0 Å². The lowest BCUT2D eigenvalue weighted by molar-refractivity contribution is -0.140. The fourth-order valence-corrected chi connectivity index (χ4v) is 4.14. The number of hydrogen-bond acceptors (Lipinski definition) is 5. The zero-order chi connectivity index (χ0) is 18.9. The molecule has 0 saturated carbocycles. The highest BCUT2D eigenvalue weighted by Crippen LogP contribution is 2.23. The van der Waals surface area contributed by atoms with Crippen molar-refractivity contribution in [2.24, 2.45) is 4.99 Å². The number of carbonyl (C=O) groups is 1. The van der Waals surface area contributed by atoms with Crippen molar-refractivity contribution in [1.29, 1.82) is 0 Å². The number of ether oxygens (including phenoxy) is 1. The second-order valence-electron chi connectivity index (χ2n) is 6.98. The number of methoxy groups -OCH3 is 1. The molecule has 0 aromatic carbocycles. The lowest BCUT2D eigenvalue weighted by Gasteiger charge is -2.39. The van der Waals surface area contributed by atoms with Crippen LogP contribution < -0.4 is 5.32 Å². The Kier molecular flexibility index (Phi) is 8.68. The number of esters is 1. The zero-order valence-corrected chi connectivity index (χ0v) is 16.8. The number of unbranched alkanes of at least 4 members (excludes halogenated alkanes) is 3. The summed E-state index contributed by atoms with van der Waals surface area (Å²) >= 11 is 0. The molecule has 0 aliphatic carbocycles. The van der Waals surface area contributed by atoms with Crippen molar-refractivity contribution >= 4 is 21.8 Å². The molecular formula is C17H33N3O4S. The summed E-state index contributed by atoms with van der Waals surface area (Å²) < 4.78 is 28.1. The maximum absolute atomic E-state index is 12.1. The highest BCUT2D eigenvalue weighted by atomic mass is 32.2. The van der Waals surface area contributed by atoms with E-state index in [-0.39, 0.29) is 11.7 Å². The van der Waals surface area contributed by atoms with Gasteiger partial charge < -0.3 is 15.0 Å². The number of nitrogens with one attached hydrogen (secondary N) is 1. The fourth-order valence-electron chi connectivity index (χ4n) is 2.77. The minimum absolute atomic E-state index is 0.157. The van der Waals surface area contributed by atoms with Gasteiger partial charge in [0.05, 0.1) is 17.6 Å². The summed E-state index contributed by atoms with van der Waals surface area (Å²) in [6.45, 7) is 7.95. The molecule has 0 unspecified atom stereocenters. The summed E-state index contributed by atoms with van der Waals surface area (Å²) in [6.07, 6.45) is 4.26. The van der Waals surface area contributed by atoms with Crippen LogP contribution in [0.3, 0.4) is 0 Å². The topological polar surface area (TPSA) is 88.1 Å². The molecule has 0 bridgehead atoms. The van der Waals surface area contributed by atoms with E-state index in [9.17, 15) is 13.2 Å². The van der Waals surface area contributed by atoms with Crippen molar-refractivity contribution in [3.8, 4) is 0 Å². The first-order valence-electron chi connectivity index (χ1n) is 9.06. The van der Waals surface area contributed by atoms with Crippen LogP contribution in [-0.2, 0) is 19.4 Å². The molecular weight excluding hydrogens is 342 g/mol. The number of rotatable bonds is 8. The highest BCUT2D eigenvalue weighted by molar-refractivity contribution is 7.92. The Morgan fingerprint density at radius 2 is 1.92 bits per heavy atom. The van der Waals surface area contributed by atoms with Gasteiger partial charge in [0.1, 0.15) is 0 Å². The number of hydrogen-bond donors (Lipinski definition) is 1. The van der Waals surface area contributed by atoms with Gasteiger partial charge in [-0.1, -0.05) is 12.8 Å². The summed E-state index contributed by atoms with van der Waals surface area (Å²) in [6, 6.07) is 0. The van der Waals surface area contributed by atoms with Crippen LogP contribution in [0.5, 0.6) is 0 Å². The van der Waals surface area contributed by atoms with Crippen LogP contribution in [0.2, 0.25) is 0 Å². The van der Waals surface area contributed by atoms with E-state index in [4.69, 9.17) is 0 Å². The van der Waals surface area contributed by atoms with Gasteiger partial charge in [-0.15, -0.1) is 0 Å². The van der Waals surface area contributed by atoms with Gasteiger partial charge in [0.25, 0.3) is 0 Å². The van der Waals surface area contributed by atoms with Crippen molar-refractivity contribution in [3.05, 3.63) is 0 Å². The molecule has 1 saturated heterocycles. The average molecular weight is 376 g/mol. The number of carbonyl (C=O) groups excluding carboxylic acids is 1. The smallest absolute Gasteiger partial charge is 0.305 e. The molecule has 1 rings (SSSR count). The predicted molar refractivity (Wildman–Crippen MR) is 101 cm³/mol. The molecule has 0 spiro atoms. The SMILES string of the molecule is CCNC(=NCCCCCCC(=O)OC)N1CCS(=O)(=O)C(C)(C)C1. The first kappa shape index (κ1) is 21.7. The van der Waals surface area contributed by atoms with Crippen LogP contribution in [0.25, 0.3) is 0 Å². The van der Waals surface area contributed by atoms with Gasteiger partial charge in [0.2, 0.25) is 0 Å². The number of sulfone groups is 1. The maximum atomic E-state index is 12.1. The molecule has 146 valence electrons. The highest BCUT2D eigenvalue weighted by Gasteiger charge is 2.40. The fraction of sp³-hybridized carbons (Fsp3) is 0.882. The van der Waals surface area contributed by atoms with Crippen LogP contribution >= 0.6 is 0 Å². The van der Waals surface area contributed by atoms with Crippen molar-refractivity contribution in [2.45, 2.75) is 57.6 Å². The van der Waals surface area contributed by atoms with Crippen LogP contribution in [0, 0.1) is 0 Å². The van der Waals surface area contributed by atoms with Gasteiger partial charge in [0.15, 0.2) is 15.8 Å². The molecule has 1 aliphatic rings. The molecule has 0 amide bonds. The minimum Gasteiger partial charge on any atom is -0.469 e. The third-order valence-corrected chi connectivity index (χ3v) is 6.99. The Balaban J connectivity index is 2.46. The van der Waals surface area contributed by atoms with Crippen LogP contribution in [-0.4, -0.2) is 69.0 Å². The molecule has 1 heterocycles. The van der Waals surface area contributed by atoms with E-state index < -0.39 is 14.6 Å². The maximum Gasteiger partial charge on any atom is 0.305 e. The van der Waals surface area contributed by atoms with Crippen LogP contribution in [0.15, 0.2) is 4.99 Å². The van der Waals surface area contributed by atoms with Crippen LogP contribution in [0.4, 0.5) is 0 Å². The Hall–Kier alpha value is -1.31. The second-order valence-corrected chi connectivity index (χ2v) is 9.72. The lowest BCUT2D eigenvalue weighted by atomic mass is 10.1. The summed E-state index contributed by atoms with van der Waals surface area (Å²) in [4.78, 5) is 17.7. The normalized spacial score (nSPS) is 19.5. The summed E-state index contributed by atoms with van der Waals surface area (Å²) in [5, 5.41) is 3.26. The summed E-state index contributed by atoms with van der Waals surface area (Å²) in [7, 11) is -1.64. The molecule has 1 fully saturated rings. The summed E-state index contributed by atoms with van der Waals surface area (Å²) in [5.74, 6) is 0.799. The van der Waals surface area contributed by atoms with Crippen molar-refractivity contribution in [2.75, 3.05) is 39.0 Å². The van der Waals surface area contributed by atoms with E-state index >= 15 is 0 Å². The molecule has 0 aromatic heterocycles. The molecule has 0 aromatic rings. The quantitative estimate of drug-likeness (QED) is 0.300. The zero-order valence-electron chi connectivity index (χ0n) is 16.0. The van der Waals surface area contributed by atoms with Gasteiger partial charge in [-0.3, -0.25) is 9.79 Å². The molecule has 25 heavy (non-hydrogen) atoms. The number of nitrogens with zero attached hydrogens (tertiary/aromatic N) is 2. The van der Waals surface area contributed by atoms with E-state index in [1.54, 1.807) is 13.8 Å². The average Bonchev–Trinajstić information content (AvgIpc) is 2.55. The van der Waals surface area contributed by atoms with Crippen molar-refractivity contribution < 1.29 is 17.9 Å². The van der Waals surface area contributed by atoms with Gasteiger partial charge in [0, 0.05) is 32.6 Å². The molecule has 8 heteroatoms. The second kappa shape index (κ2) is 9.99. The Labute approximate surface area is 152 Å². The lowest BCUT2D eigenvalue weighted by Crippen LogP contribution is -2.57. The van der Waals surface area contributed by atoms with E-state index in [0.29, 0.717) is 26.1 Å². The summed E-state index contributed by atoms with van der Waals surface area (Å²) in [5.41, 5.74) is 0. The molecule has 0 atom stereocenters. The number of aliphatic imine (C=N–C) groups is 1. The standard InChI is InChI=1S/C17H33N3O4S/c1-5-18-16(19-11-9-7-6-8-10-15(21)24-4)20-12-13-25(22,23)17(2,3)14-20/h5-14H2,1-4H3,(H,18,19). The van der Waals surface area contributed by atoms with E-state index in [2.05, 4.69) is 15.0 Å². The van der Waals surface area contributed by atoms with Gasteiger partial charge in [-0.05, 0) is 33.6 Å². The molecule has 1 aliphatic heterocycles. The van der Waals surface area contributed by atoms with E-state index in [1.165, 1.54) is 7.11 Å². The van der Waals surface area contributed by atoms with Gasteiger partial charge >= 0.3 is 5.97 Å². The Morgan fingerprint density at radius 1 is 1.24 bits per heavy atom. The molecule has 7 nitrogen and oxygen atoms in total. The van der Waals surface area contributed by atoms with E-state index in [1.807, 2.05) is 11.8 Å². The third kappa shape index (κ3) is 6.84. The largest absolute Gasteiger partial charge is 0.469 e. The third-order valence-electron chi connectivity index (χ3n) is 4.46. The Morgan fingerprint density at radius 3 is 2.52 bits per heavy atom.